The number of aromatic nitrogens is 2. The van der Waals surface area contributed by atoms with Crippen LogP contribution >= 0.6 is 23.9 Å². The third-order valence-corrected chi connectivity index (χ3v) is 4.68. The first-order valence-corrected chi connectivity index (χ1v) is 9.31. The Bertz CT molecular complexity index is 796. The van der Waals surface area contributed by atoms with Crippen molar-refractivity contribution in [3.05, 3.63) is 23.3 Å². The van der Waals surface area contributed by atoms with Crippen LogP contribution in [-0.4, -0.2) is 39.4 Å². The van der Waals surface area contributed by atoms with Gasteiger partial charge in [-0.1, -0.05) is 41.5 Å². The third kappa shape index (κ3) is 5.32. The Hall–Kier alpha value is -1.86. The van der Waals surface area contributed by atoms with Gasteiger partial charge < -0.3 is 15.7 Å². The lowest BCUT2D eigenvalue weighted by atomic mass is 9.78. The van der Waals surface area contributed by atoms with Crippen molar-refractivity contribution >= 4 is 35.0 Å². The number of benzene rings is 1. The van der Waals surface area contributed by atoms with E-state index in [2.05, 4.69) is 55.9 Å². The second-order valence-electron chi connectivity index (χ2n) is 8.68. The van der Waals surface area contributed by atoms with Crippen LogP contribution in [0.5, 0.6) is 5.75 Å². The van der Waals surface area contributed by atoms with Gasteiger partial charge in [-0.25, -0.2) is 0 Å². The minimum absolute atomic E-state index is 0. The average molecular weight is 412 g/mol. The maximum atomic E-state index is 10.8. The Labute approximate surface area is 172 Å². The number of nitrogens with zero attached hydrogens (tertiary/aromatic N) is 4. The molecular weight excluding hydrogens is 382 g/mol. The van der Waals surface area contributed by atoms with E-state index < -0.39 is 0 Å². The summed E-state index contributed by atoms with van der Waals surface area (Å²) in [5.74, 6) is 1.32. The SMILES string of the molecule is CN(C)/C(N)=N/c1nc(-c2cc(C(C)(C)C)c(O)c(C(C)(C)C)c2)ns1.Cl. The molecule has 0 saturated carbocycles. The van der Waals surface area contributed by atoms with Crippen LogP contribution in [0, 0.1) is 0 Å². The fourth-order valence-corrected chi connectivity index (χ4v) is 3.06. The minimum atomic E-state index is -0.202. The number of halogens is 1. The van der Waals surface area contributed by atoms with E-state index in [0.717, 1.165) is 16.7 Å². The van der Waals surface area contributed by atoms with Crippen LogP contribution < -0.4 is 5.73 Å². The second kappa shape index (κ2) is 8.02. The lowest BCUT2D eigenvalue weighted by Crippen LogP contribution is -2.29. The number of rotatable bonds is 2. The molecule has 0 spiro atoms. The van der Waals surface area contributed by atoms with Gasteiger partial charge in [0.05, 0.1) is 0 Å². The molecule has 27 heavy (non-hydrogen) atoms. The third-order valence-electron chi connectivity index (χ3n) is 4.07. The first-order chi connectivity index (χ1) is 11.8. The quantitative estimate of drug-likeness (QED) is 0.563. The molecule has 3 N–H and O–H groups in total. The first-order valence-electron chi connectivity index (χ1n) is 8.54. The van der Waals surface area contributed by atoms with Gasteiger partial charge in [-0.15, -0.1) is 12.4 Å². The molecule has 0 aliphatic rings. The number of aromatic hydroxyl groups is 1. The molecule has 1 heterocycles. The fraction of sp³-hybridized carbons (Fsp3) is 0.526. The topological polar surface area (TPSA) is 87.6 Å². The van der Waals surface area contributed by atoms with Gasteiger partial charge >= 0.3 is 0 Å². The Morgan fingerprint density at radius 2 is 1.56 bits per heavy atom. The lowest BCUT2D eigenvalue weighted by molar-refractivity contribution is 0.423. The van der Waals surface area contributed by atoms with Gasteiger partial charge in [0.15, 0.2) is 11.8 Å². The predicted molar refractivity (Wildman–Crippen MR) is 117 cm³/mol. The zero-order valence-corrected chi connectivity index (χ0v) is 18.9. The molecule has 1 aromatic carbocycles. The number of nitrogens with two attached hydrogens (primary N) is 1. The van der Waals surface area contributed by atoms with Crippen molar-refractivity contribution in [1.29, 1.82) is 0 Å². The fourth-order valence-electron chi connectivity index (χ4n) is 2.48. The van der Waals surface area contributed by atoms with Crippen molar-refractivity contribution in [2.24, 2.45) is 10.7 Å². The van der Waals surface area contributed by atoms with E-state index in [1.807, 2.05) is 26.2 Å². The zero-order chi connectivity index (χ0) is 19.9. The molecule has 0 aliphatic heterocycles. The second-order valence-corrected chi connectivity index (χ2v) is 9.42. The van der Waals surface area contributed by atoms with Gasteiger partial charge in [-0.2, -0.15) is 14.3 Å². The lowest BCUT2D eigenvalue weighted by Gasteiger charge is -2.27. The molecule has 6 nitrogen and oxygen atoms in total. The summed E-state index contributed by atoms with van der Waals surface area (Å²) in [4.78, 5) is 10.5. The summed E-state index contributed by atoms with van der Waals surface area (Å²) in [6.07, 6.45) is 0. The van der Waals surface area contributed by atoms with E-state index in [-0.39, 0.29) is 23.2 Å². The van der Waals surface area contributed by atoms with E-state index in [1.165, 1.54) is 11.5 Å². The van der Waals surface area contributed by atoms with Crippen molar-refractivity contribution in [1.82, 2.24) is 14.3 Å². The number of hydrogen-bond donors (Lipinski definition) is 2. The Morgan fingerprint density at radius 1 is 1.07 bits per heavy atom. The van der Waals surface area contributed by atoms with Crippen molar-refractivity contribution < 1.29 is 5.11 Å². The largest absolute Gasteiger partial charge is 0.507 e. The van der Waals surface area contributed by atoms with Gasteiger partial charge in [0, 0.05) is 42.3 Å². The van der Waals surface area contributed by atoms with Crippen LogP contribution in [0.25, 0.3) is 11.4 Å². The van der Waals surface area contributed by atoms with Gasteiger partial charge in [0.25, 0.3) is 0 Å². The molecule has 0 fully saturated rings. The van der Waals surface area contributed by atoms with E-state index >= 15 is 0 Å². The summed E-state index contributed by atoms with van der Waals surface area (Å²) in [6, 6.07) is 3.94. The maximum absolute atomic E-state index is 10.8. The number of aliphatic imine (C=N–C) groups is 1. The number of phenolic OH excluding ortho intramolecular Hbond substituents is 1. The Kier molecular flexibility index (Phi) is 6.89. The van der Waals surface area contributed by atoms with Crippen molar-refractivity contribution in [3.63, 3.8) is 0 Å². The molecule has 0 bridgehead atoms. The summed E-state index contributed by atoms with van der Waals surface area (Å²) >= 11 is 1.20. The smallest absolute Gasteiger partial charge is 0.232 e. The Morgan fingerprint density at radius 3 is 1.96 bits per heavy atom. The molecule has 2 rings (SSSR count). The number of guanidine groups is 1. The summed E-state index contributed by atoms with van der Waals surface area (Å²) in [5, 5.41) is 11.3. The van der Waals surface area contributed by atoms with Gasteiger partial charge in [0.2, 0.25) is 5.13 Å². The molecule has 0 saturated heterocycles. The number of hydrogen-bond acceptors (Lipinski definition) is 5. The summed E-state index contributed by atoms with van der Waals surface area (Å²) in [7, 11) is 3.65. The first kappa shape index (κ1) is 23.2. The normalized spacial score (nSPS) is 12.7. The van der Waals surface area contributed by atoms with E-state index in [9.17, 15) is 5.11 Å². The molecule has 1 aromatic heterocycles. The number of phenols is 1. The van der Waals surface area contributed by atoms with E-state index in [1.54, 1.807) is 4.90 Å². The van der Waals surface area contributed by atoms with Crippen molar-refractivity contribution in [2.45, 2.75) is 52.4 Å². The maximum Gasteiger partial charge on any atom is 0.232 e. The summed E-state index contributed by atoms with van der Waals surface area (Å²) in [5.41, 5.74) is 8.09. The van der Waals surface area contributed by atoms with Crippen LogP contribution in [0.3, 0.4) is 0 Å². The van der Waals surface area contributed by atoms with Gasteiger partial charge in [-0.3, -0.25) is 0 Å². The molecule has 0 aliphatic carbocycles. The molecule has 0 unspecified atom stereocenters. The Balaban J connectivity index is 0.00000364. The highest BCUT2D eigenvalue weighted by Crippen LogP contribution is 2.41. The summed E-state index contributed by atoms with van der Waals surface area (Å²) < 4.78 is 4.44. The van der Waals surface area contributed by atoms with E-state index in [0.29, 0.717) is 22.7 Å². The zero-order valence-electron chi connectivity index (χ0n) is 17.3. The molecule has 150 valence electrons. The summed E-state index contributed by atoms with van der Waals surface area (Å²) in [6.45, 7) is 12.5. The van der Waals surface area contributed by atoms with Crippen molar-refractivity contribution in [3.8, 4) is 17.1 Å². The molecule has 8 heteroatoms. The highest BCUT2D eigenvalue weighted by atomic mass is 35.5. The van der Waals surface area contributed by atoms with Gasteiger partial charge in [-0.05, 0) is 23.0 Å². The van der Waals surface area contributed by atoms with Crippen LogP contribution in [0.15, 0.2) is 17.1 Å². The van der Waals surface area contributed by atoms with E-state index in [4.69, 9.17) is 5.73 Å². The highest BCUT2D eigenvalue weighted by molar-refractivity contribution is 7.09. The standard InChI is InChI=1S/C19H29N5OS.ClH/c1-18(2,3)12-9-11(10-13(14(12)25)19(4,5)6)15-21-17(26-23-15)22-16(20)24(7)8;/h9-10,25H,1-8H3,(H2,20,21,22,23);1H. The predicted octanol–water partition coefficient (Wildman–Crippen LogP) is 4.44. The van der Waals surface area contributed by atoms with Crippen LogP contribution in [0.2, 0.25) is 0 Å². The monoisotopic (exact) mass is 411 g/mol. The minimum Gasteiger partial charge on any atom is -0.507 e. The average Bonchev–Trinajstić information content (AvgIpc) is 2.93. The molecular formula is C19H30ClN5OS. The van der Waals surface area contributed by atoms with Crippen LogP contribution in [-0.2, 0) is 10.8 Å². The van der Waals surface area contributed by atoms with Crippen molar-refractivity contribution in [2.75, 3.05) is 14.1 Å². The molecule has 0 atom stereocenters. The van der Waals surface area contributed by atoms with Crippen LogP contribution in [0.1, 0.15) is 52.7 Å². The molecule has 2 aromatic rings. The highest BCUT2D eigenvalue weighted by Gasteiger charge is 2.27. The molecule has 0 amide bonds. The molecule has 0 radical (unpaired) electrons. The van der Waals surface area contributed by atoms with Crippen LogP contribution in [0.4, 0.5) is 5.13 Å². The van der Waals surface area contributed by atoms with Gasteiger partial charge in [0.1, 0.15) is 5.75 Å².